The zero-order valence-electron chi connectivity index (χ0n) is 7.91. The van der Waals surface area contributed by atoms with Crippen LogP contribution in [0.3, 0.4) is 0 Å². The minimum Gasteiger partial charge on any atom is -0.481 e. The number of hydrogen-bond acceptors (Lipinski definition) is 3. The summed E-state index contributed by atoms with van der Waals surface area (Å²) in [7, 11) is 0. The third-order valence-corrected chi connectivity index (χ3v) is 2.63. The molecule has 1 atom stereocenters. The topological polar surface area (TPSA) is 66.6 Å². The maximum absolute atomic E-state index is 10.6. The Hall–Kier alpha value is -0.610. The molecule has 1 saturated heterocycles. The van der Waals surface area contributed by atoms with Crippen LogP contribution >= 0.6 is 0 Å². The van der Waals surface area contributed by atoms with Crippen LogP contribution in [-0.4, -0.2) is 42.2 Å². The summed E-state index contributed by atoms with van der Waals surface area (Å²) in [6.07, 6.45) is 3.19. The number of rotatable bonds is 5. The fourth-order valence-corrected chi connectivity index (χ4v) is 1.69. The van der Waals surface area contributed by atoms with Crippen molar-refractivity contribution in [3.8, 4) is 0 Å². The molecule has 1 unspecified atom stereocenters. The maximum atomic E-state index is 10.6. The van der Waals surface area contributed by atoms with E-state index in [0.717, 1.165) is 19.6 Å². The highest BCUT2D eigenvalue weighted by atomic mass is 16.4. The summed E-state index contributed by atoms with van der Waals surface area (Å²) in [4.78, 5) is 12.9. The van der Waals surface area contributed by atoms with Gasteiger partial charge in [-0.15, -0.1) is 0 Å². The van der Waals surface area contributed by atoms with Gasteiger partial charge < -0.3 is 15.7 Å². The summed E-state index contributed by atoms with van der Waals surface area (Å²) in [5, 5.41) is 8.75. The predicted molar refractivity (Wildman–Crippen MR) is 50.5 cm³/mol. The van der Waals surface area contributed by atoms with Gasteiger partial charge in [0.2, 0.25) is 0 Å². The average molecular weight is 186 g/mol. The largest absolute Gasteiger partial charge is 0.481 e. The Kier molecular flexibility index (Phi) is 4.18. The summed E-state index contributed by atoms with van der Waals surface area (Å²) in [6.45, 7) is 3.38. The highest BCUT2D eigenvalue weighted by Gasteiger charge is 2.18. The molecule has 1 aliphatic rings. The molecule has 4 heteroatoms. The van der Waals surface area contributed by atoms with Crippen molar-refractivity contribution in [3.05, 3.63) is 0 Å². The standard InChI is InChI=1S/C9H18N2O2/c10-7-8(9(12)13)3-6-11-4-1-2-5-11/h8H,1-7,10H2,(H,12,13). The molecular weight excluding hydrogens is 168 g/mol. The molecule has 0 bridgehead atoms. The molecule has 1 heterocycles. The smallest absolute Gasteiger partial charge is 0.307 e. The van der Waals surface area contributed by atoms with Gasteiger partial charge in [0.05, 0.1) is 5.92 Å². The quantitative estimate of drug-likeness (QED) is 0.640. The highest BCUT2D eigenvalue weighted by Crippen LogP contribution is 2.10. The fourth-order valence-electron chi connectivity index (χ4n) is 1.69. The van der Waals surface area contributed by atoms with E-state index in [1.807, 2.05) is 0 Å². The van der Waals surface area contributed by atoms with Crippen molar-refractivity contribution in [3.63, 3.8) is 0 Å². The van der Waals surface area contributed by atoms with Crippen LogP contribution in [0.15, 0.2) is 0 Å². The Morgan fingerprint density at radius 3 is 2.54 bits per heavy atom. The first kappa shape index (κ1) is 10.5. The van der Waals surface area contributed by atoms with Crippen LogP contribution in [0.4, 0.5) is 0 Å². The van der Waals surface area contributed by atoms with Gasteiger partial charge in [0.1, 0.15) is 0 Å². The third-order valence-electron chi connectivity index (χ3n) is 2.63. The van der Waals surface area contributed by atoms with Crippen LogP contribution in [0.2, 0.25) is 0 Å². The molecule has 3 N–H and O–H groups in total. The Labute approximate surface area is 78.7 Å². The molecule has 0 saturated carbocycles. The molecule has 4 nitrogen and oxygen atoms in total. The normalized spacial score (nSPS) is 20.4. The molecule has 1 aliphatic heterocycles. The fraction of sp³-hybridized carbons (Fsp3) is 0.889. The van der Waals surface area contributed by atoms with Gasteiger partial charge >= 0.3 is 5.97 Å². The molecule has 1 rings (SSSR count). The Bertz CT molecular complexity index is 167. The summed E-state index contributed by atoms with van der Waals surface area (Å²) >= 11 is 0. The van der Waals surface area contributed by atoms with Crippen molar-refractivity contribution in [2.45, 2.75) is 19.3 Å². The van der Waals surface area contributed by atoms with Crippen LogP contribution < -0.4 is 5.73 Å². The highest BCUT2D eigenvalue weighted by molar-refractivity contribution is 5.70. The van der Waals surface area contributed by atoms with Gasteiger partial charge in [-0.25, -0.2) is 0 Å². The van der Waals surface area contributed by atoms with Crippen molar-refractivity contribution in [2.24, 2.45) is 11.7 Å². The van der Waals surface area contributed by atoms with Crippen molar-refractivity contribution in [2.75, 3.05) is 26.2 Å². The zero-order chi connectivity index (χ0) is 9.68. The van der Waals surface area contributed by atoms with E-state index in [-0.39, 0.29) is 12.5 Å². The minimum absolute atomic E-state index is 0.253. The van der Waals surface area contributed by atoms with E-state index in [4.69, 9.17) is 10.8 Å². The molecule has 0 aromatic rings. The number of nitrogens with two attached hydrogens (primary N) is 1. The van der Waals surface area contributed by atoms with E-state index in [9.17, 15) is 4.79 Å². The lowest BCUT2D eigenvalue weighted by Gasteiger charge is -2.16. The van der Waals surface area contributed by atoms with Crippen molar-refractivity contribution in [1.29, 1.82) is 0 Å². The summed E-state index contributed by atoms with van der Waals surface area (Å²) in [5.41, 5.74) is 5.36. The van der Waals surface area contributed by atoms with Crippen LogP contribution in [0.1, 0.15) is 19.3 Å². The van der Waals surface area contributed by atoms with E-state index in [1.165, 1.54) is 12.8 Å². The number of carboxylic acids is 1. The monoisotopic (exact) mass is 186 g/mol. The van der Waals surface area contributed by atoms with Gasteiger partial charge in [0.15, 0.2) is 0 Å². The molecule has 0 aromatic carbocycles. The average Bonchev–Trinajstić information content (AvgIpc) is 2.57. The second kappa shape index (κ2) is 5.19. The van der Waals surface area contributed by atoms with E-state index >= 15 is 0 Å². The molecule has 0 radical (unpaired) electrons. The Balaban J connectivity index is 2.18. The van der Waals surface area contributed by atoms with Gasteiger partial charge in [-0.05, 0) is 38.9 Å². The number of hydrogen-bond donors (Lipinski definition) is 2. The molecule has 13 heavy (non-hydrogen) atoms. The minimum atomic E-state index is -0.762. The Morgan fingerprint density at radius 1 is 1.46 bits per heavy atom. The van der Waals surface area contributed by atoms with Crippen LogP contribution in [0.25, 0.3) is 0 Å². The van der Waals surface area contributed by atoms with E-state index < -0.39 is 5.97 Å². The molecular formula is C9H18N2O2. The van der Waals surface area contributed by atoms with E-state index in [1.54, 1.807) is 0 Å². The number of carbonyl (C=O) groups is 1. The first-order chi connectivity index (χ1) is 6.24. The number of likely N-dealkylation sites (tertiary alicyclic amines) is 1. The van der Waals surface area contributed by atoms with Crippen LogP contribution in [-0.2, 0) is 4.79 Å². The van der Waals surface area contributed by atoms with Crippen molar-refractivity contribution >= 4 is 5.97 Å². The van der Waals surface area contributed by atoms with Crippen LogP contribution in [0.5, 0.6) is 0 Å². The number of carboxylic acid groups (broad SMARTS) is 1. The zero-order valence-corrected chi connectivity index (χ0v) is 7.91. The summed E-state index contributed by atoms with van der Waals surface area (Å²) in [6, 6.07) is 0. The maximum Gasteiger partial charge on any atom is 0.307 e. The predicted octanol–water partition coefficient (Wildman–Crippen LogP) is 0.132. The van der Waals surface area contributed by atoms with Gasteiger partial charge in [-0.1, -0.05) is 0 Å². The molecule has 1 fully saturated rings. The second-order valence-electron chi connectivity index (χ2n) is 3.61. The molecule has 76 valence electrons. The van der Waals surface area contributed by atoms with Crippen molar-refractivity contribution < 1.29 is 9.90 Å². The first-order valence-corrected chi connectivity index (χ1v) is 4.89. The van der Waals surface area contributed by atoms with E-state index in [2.05, 4.69) is 4.90 Å². The lowest BCUT2D eigenvalue weighted by Crippen LogP contribution is -2.29. The van der Waals surface area contributed by atoms with Crippen LogP contribution in [0, 0.1) is 5.92 Å². The molecule has 0 aliphatic carbocycles. The first-order valence-electron chi connectivity index (χ1n) is 4.89. The second-order valence-corrected chi connectivity index (χ2v) is 3.61. The van der Waals surface area contributed by atoms with Gasteiger partial charge in [-0.2, -0.15) is 0 Å². The number of nitrogens with zero attached hydrogens (tertiary/aromatic N) is 1. The molecule has 0 spiro atoms. The van der Waals surface area contributed by atoms with Gasteiger partial charge in [0.25, 0.3) is 0 Å². The van der Waals surface area contributed by atoms with E-state index in [0.29, 0.717) is 6.42 Å². The molecule has 0 aromatic heterocycles. The molecule has 0 amide bonds. The lowest BCUT2D eigenvalue weighted by molar-refractivity contribution is -0.141. The lowest BCUT2D eigenvalue weighted by atomic mass is 10.1. The number of aliphatic carboxylic acids is 1. The SMILES string of the molecule is NCC(CCN1CCCC1)C(=O)O. The summed E-state index contributed by atoms with van der Waals surface area (Å²) < 4.78 is 0. The van der Waals surface area contributed by atoms with Gasteiger partial charge in [0, 0.05) is 6.54 Å². The third kappa shape index (κ3) is 3.32. The van der Waals surface area contributed by atoms with Gasteiger partial charge in [-0.3, -0.25) is 4.79 Å². The Morgan fingerprint density at radius 2 is 2.08 bits per heavy atom. The van der Waals surface area contributed by atoms with Crippen molar-refractivity contribution in [1.82, 2.24) is 4.90 Å². The summed E-state index contributed by atoms with van der Waals surface area (Å²) in [5.74, 6) is -1.12.